The number of halogens is 1. The Kier molecular flexibility index (Phi) is 6.04. The summed E-state index contributed by atoms with van der Waals surface area (Å²) in [5.74, 6) is 0. The van der Waals surface area contributed by atoms with E-state index in [1.807, 2.05) is 6.07 Å². The Balaban J connectivity index is 0.000000932. The van der Waals surface area contributed by atoms with Crippen LogP contribution in [0.1, 0.15) is 5.56 Å². The molecule has 0 atom stereocenters. The molecule has 0 spiro atoms. The molecule has 2 radical (unpaired) electrons. The van der Waals surface area contributed by atoms with Crippen molar-refractivity contribution >= 4 is 37.0 Å². The van der Waals surface area contributed by atoms with E-state index in [4.69, 9.17) is 0 Å². The van der Waals surface area contributed by atoms with Crippen LogP contribution in [0.4, 0.5) is 17.1 Å². The summed E-state index contributed by atoms with van der Waals surface area (Å²) in [6.45, 7) is 4.35. The third kappa shape index (κ3) is 3.69. The van der Waals surface area contributed by atoms with Gasteiger partial charge in [0.1, 0.15) is 0 Å². The first-order chi connectivity index (χ1) is 13.9. The maximum atomic E-state index is 4.45. The number of hydrogen-bond donors (Lipinski definition) is 0. The van der Waals surface area contributed by atoms with Gasteiger partial charge in [-0.15, -0.1) is 0 Å². The van der Waals surface area contributed by atoms with E-state index in [0.29, 0.717) is 0 Å². The fourth-order valence-corrected chi connectivity index (χ4v) is 3.61. The van der Waals surface area contributed by atoms with Gasteiger partial charge in [-0.2, -0.15) is 0 Å². The molecule has 142 valence electrons. The zero-order valence-corrected chi connectivity index (χ0v) is 17.3. The van der Waals surface area contributed by atoms with Crippen molar-refractivity contribution in [2.75, 3.05) is 9.80 Å². The van der Waals surface area contributed by atoms with Crippen molar-refractivity contribution in [2.24, 2.45) is 0 Å². The zero-order chi connectivity index (χ0) is 19.3. The minimum atomic E-state index is 0.793. The van der Waals surface area contributed by atoms with Crippen LogP contribution in [0.3, 0.4) is 0 Å². The van der Waals surface area contributed by atoms with E-state index in [1.54, 1.807) is 0 Å². The van der Waals surface area contributed by atoms with Crippen molar-refractivity contribution in [3.05, 3.63) is 109 Å². The van der Waals surface area contributed by atoms with Gasteiger partial charge in [-0.3, -0.25) is 0 Å². The molecule has 1 aliphatic rings. The molecule has 4 aromatic rings. The molecule has 0 saturated carbocycles. The van der Waals surface area contributed by atoms with Gasteiger partial charge in [0.25, 0.3) is 0 Å². The van der Waals surface area contributed by atoms with Crippen LogP contribution < -0.4 is 9.80 Å². The molecule has 0 aromatic heterocycles. The van der Waals surface area contributed by atoms with E-state index in [1.165, 1.54) is 27.7 Å². The number of anilines is 3. The Bertz CT molecular complexity index is 1060. The summed E-state index contributed by atoms with van der Waals surface area (Å²) in [6.07, 6.45) is 0. The normalized spacial score (nSPS) is 12.5. The van der Waals surface area contributed by atoms with Crippen molar-refractivity contribution in [3.63, 3.8) is 0 Å². The van der Waals surface area contributed by atoms with E-state index < -0.39 is 0 Å². The molecular weight excluding hydrogens is 460 g/mol. The Labute approximate surface area is 182 Å². The quantitative estimate of drug-likeness (QED) is 0.304. The van der Waals surface area contributed by atoms with Crippen LogP contribution in [0.5, 0.6) is 0 Å². The molecule has 4 aromatic carbocycles. The number of fused-ring (bicyclic) bond motifs is 2. The summed E-state index contributed by atoms with van der Waals surface area (Å²) < 4.78 is 0. The molecule has 0 aliphatic carbocycles. The molecule has 0 N–H and O–H groups in total. The van der Waals surface area contributed by atoms with Gasteiger partial charge < -0.3 is 9.80 Å². The van der Waals surface area contributed by atoms with E-state index in [9.17, 15) is 0 Å². The van der Waals surface area contributed by atoms with Gasteiger partial charge >= 0.3 is 29.2 Å². The van der Waals surface area contributed by atoms with E-state index in [-0.39, 0.29) is 0 Å². The monoisotopic (exact) mass is 476 g/mol. The number of benzene rings is 4. The zero-order valence-electron chi connectivity index (χ0n) is 15.0. The van der Waals surface area contributed by atoms with Crippen LogP contribution >= 0.6 is 9.19 Å². The molecule has 0 bridgehead atoms. The SMILES string of the molecule is [C]1N(Cc2cccc3ccccc23)c2ccccc2N1c1ccccc1.[Cl][Ag]. The molecule has 2 nitrogen and oxygen atoms in total. The second-order valence-corrected chi connectivity index (χ2v) is 6.48. The first kappa shape index (κ1) is 19.1. The van der Waals surface area contributed by atoms with Crippen molar-refractivity contribution < 1.29 is 20.0 Å². The fourth-order valence-electron chi connectivity index (χ4n) is 3.61. The fraction of sp³-hybridized carbons (Fsp3) is 0.0417. The average molecular weight is 478 g/mol. The van der Waals surface area contributed by atoms with Gasteiger partial charge in [0.05, 0.1) is 11.4 Å². The Morgan fingerprint density at radius 2 is 1.32 bits per heavy atom. The Morgan fingerprint density at radius 1 is 0.679 bits per heavy atom. The third-order valence-electron chi connectivity index (χ3n) is 4.86. The standard InChI is InChI=1S/C24H18N2.Ag.ClH/c1-2-12-21(13-3-1)26-18-25(23-15-6-7-16-24(23)26)17-20-11-8-10-19-9-4-5-14-22(19)20;;/h1-16H,17H2;;1H/q;+1;/p-1. The van der Waals surface area contributed by atoms with Crippen molar-refractivity contribution in [1.82, 2.24) is 0 Å². The summed E-state index contributed by atoms with van der Waals surface area (Å²) in [5.41, 5.74) is 4.78. The molecule has 1 heterocycles. The average Bonchev–Trinajstić information content (AvgIpc) is 3.15. The number of nitrogens with zero attached hydrogens (tertiary/aromatic N) is 2. The van der Waals surface area contributed by atoms with E-state index >= 15 is 0 Å². The van der Waals surface area contributed by atoms with Crippen LogP contribution in [-0.4, -0.2) is 0 Å². The summed E-state index contributed by atoms with van der Waals surface area (Å²) >= 11 is 2.42. The second-order valence-electron chi connectivity index (χ2n) is 6.48. The van der Waals surface area contributed by atoms with Crippen LogP contribution in [-0.2, 0) is 26.5 Å². The Hall–Kier alpha value is -2.23. The molecule has 0 fully saturated rings. The van der Waals surface area contributed by atoms with Crippen molar-refractivity contribution in [1.29, 1.82) is 0 Å². The third-order valence-corrected chi connectivity index (χ3v) is 4.86. The van der Waals surface area contributed by atoms with E-state index in [0.717, 1.165) is 12.2 Å². The molecule has 4 heteroatoms. The molecule has 1 aliphatic heterocycles. The minimum absolute atomic E-state index is 0.793. The van der Waals surface area contributed by atoms with Crippen LogP contribution in [0.2, 0.25) is 0 Å². The maximum absolute atomic E-state index is 4.45. The van der Waals surface area contributed by atoms with Crippen LogP contribution in [0, 0.1) is 6.67 Å². The number of hydrogen-bond acceptors (Lipinski definition) is 2. The first-order valence-electron chi connectivity index (χ1n) is 8.96. The molecule has 0 unspecified atom stereocenters. The Morgan fingerprint density at radius 3 is 2.14 bits per heavy atom. The van der Waals surface area contributed by atoms with Gasteiger partial charge in [-0.1, -0.05) is 72.8 Å². The van der Waals surface area contributed by atoms with Gasteiger partial charge in [0.15, 0.2) is 0 Å². The molecule has 28 heavy (non-hydrogen) atoms. The predicted molar refractivity (Wildman–Crippen MR) is 114 cm³/mol. The molecule has 0 amide bonds. The number of rotatable bonds is 3. The topological polar surface area (TPSA) is 6.48 Å². The second kappa shape index (κ2) is 8.85. The summed E-state index contributed by atoms with van der Waals surface area (Å²) in [6, 6.07) is 33.9. The van der Waals surface area contributed by atoms with Crippen molar-refractivity contribution in [3.8, 4) is 0 Å². The molecule has 0 saturated heterocycles. The summed E-state index contributed by atoms with van der Waals surface area (Å²) in [4.78, 5) is 4.35. The molecule has 5 rings (SSSR count). The summed E-state index contributed by atoms with van der Waals surface area (Å²) in [5, 5.41) is 2.57. The number of para-hydroxylation sites is 3. The molecular formula is C24H18AgClN2. The first-order valence-corrected chi connectivity index (χ1v) is 10.9. The van der Waals surface area contributed by atoms with Gasteiger partial charge in [0.2, 0.25) is 6.67 Å². The van der Waals surface area contributed by atoms with E-state index in [2.05, 4.69) is 137 Å². The van der Waals surface area contributed by atoms with Crippen molar-refractivity contribution in [2.45, 2.75) is 6.54 Å². The van der Waals surface area contributed by atoms with Gasteiger partial charge in [-0.05, 0) is 40.6 Å². The van der Waals surface area contributed by atoms with Crippen LogP contribution in [0.15, 0.2) is 97.1 Å². The summed E-state index contributed by atoms with van der Waals surface area (Å²) in [7, 11) is 4.45. The van der Waals surface area contributed by atoms with Gasteiger partial charge in [0, 0.05) is 12.2 Å². The van der Waals surface area contributed by atoms with Crippen LogP contribution in [0.25, 0.3) is 10.8 Å². The predicted octanol–water partition coefficient (Wildman–Crippen LogP) is 6.68. The van der Waals surface area contributed by atoms with Gasteiger partial charge in [-0.25, -0.2) is 0 Å².